The number of rotatable bonds is 1. The third kappa shape index (κ3) is 2.62. The van der Waals surface area contributed by atoms with Gasteiger partial charge in [-0.25, -0.2) is 4.39 Å². The number of hydrogen-bond donors (Lipinski definition) is 2. The zero-order valence-corrected chi connectivity index (χ0v) is 11.5. The van der Waals surface area contributed by atoms with Crippen molar-refractivity contribution in [3.8, 4) is 0 Å². The summed E-state index contributed by atoms with van der Waals surface area (Å²) in [5.41, 5.74) is -0.957. The van der Waals surface area contributed by atoms with Crippen LogP contribution >= 0.6 is 11.8 Å². The minimum absolute atomic E-state index is 0.522. The molecule has 0 aromatic heterocycles. The molecular formula is C11H14F4N2O3S. The summed E-state index contributed by atoms with van der Waals surface area (Å²) in [6.45, 7) is 1.53. The molecule has 0 amide bonds. The first-order chi connectivity index (χ1) is 9.79. The van der Waals surface area contributed by atoms with Crippen LogP contribution in [0.4, 0.5) is 17.6 Å². The number of amidine groups is 1. The molecule has 120 valence electrons. The van der Waals surface area contributed by atoms with Gasteiger partial charge in [0, 0.05) is 13.1 Å². The molecule has 21 heavy (non-hydrogen) atoms. The average Bonchev–Trinajstić information content (AvgIpc) is 2.73. The zero-order valence-electron chi connectivity index (χ0n) is 10.7. The quantitative estimate of drug-likeness (QED) is 0.686. The van der Waals surface area contributed by atoms with Crippen LogP contribution in [0.25, 0.3) is 0 Å². The maximum atomic E-state index is 14.1. The molecule has 0 saturated carbocycles. The van der Waals surface area contributed by atoms with Crippen LogP contribution in [0.3, 0.4) is 0 Å². The Bertz CT molecular complexity index is 446. The number of likely N-dealkylation sites (tertiary alicyclic amines) is 1. The van der Waals surface area contributed by atoms with Crippen LogP contribution in [-0.2, 0) is 4.74 Å². The van der Waals surface area contributed by atoms with E-state index in [1.165, 1.54) is 0 Å². The van der Waals surface area contributed by atoms with Crippen LogP contribution < -0.4 is 0 Å². The molecule has 0 radical (unpaired) electrons. The van der Waals surface area contributed by atoms with Crippen molar-refractivity contribution in [2.24, 2.45) is 4.99 Å². The lowest BCUT2D eigenvalue weighted by molar-refractivity contribution is -0.267. The summed E-state index contributed by atoms with van der Waals surface area (Å²) in [5.74, 6) is 0. The fourth-order valence-electron chi connectivity index (χ4n) is 2.45. The highest BCUT2D eigenvalue weighted by Crippen LogP contribution is 2.41. The van der Waals surface area contributed by atoms with Gasteiger partial charge in [0.25, 0.3) is 0 Å². The Hall–Kier alpha value is -0.580. The van der Waals surface area contributed by atoms with Gasteiger partial charge >= 0.3 is 6.18 Å². The Morgan fingerprint density at radius 2 is 2.05 bits per heavy atom. The molecule has 0 bridgehead atoms. The van der Waals surface area contributed by atoms with Crippen molar-refractivity contribution in [2.75, 3.05) is 13.1 Å². The maximum absolute atomic E-state index is 14.1. The Morgan fingerprint density at radius 3 is 2.57 bits per heavy atom. The molecule has 3 rings (SSSR count). The van der Waals surface area contributed by atoms with Crippen molar-refractivity contribution in [3.05, 3.63) is 0 Å². The smallest absolute Gasteiger partial charge is 0.387 e. The minimum Gasteiger partial charge on any atom is -0.387 e. The van der Waals surface area contributed by atoms with E-state index in [9.17, 15) is 27.8 Å². The molecule has 2 fully saturated rings. The van der Waals surface area contributed by atoms with E-state index in [0.29, 0.717) is 5.17 Å². The third-order valence-electron chi connectivity index (χ3n) is 3.81. The van der Waals surface area contributed by atoms with Crippen LogP contribution in [0.2, 0.25) is 0 Å². The topological polar surface area (TPSA) is 65.3 Å². The molecule has 0 aromatic carbocycles. The lowest BCUT2D eigenvalue weighted by Crippen LogP contribution is -2.59. The number of fused-ring (bicyclic) bond motifs is 1. The van der Waals surface area contributed by atoms with E-state index in [-0.39, 0.29) is 0 Å². The second kappa shape index (κ2) is 5.25. The van der Waals surface area contributed by atoms with E-state index >= 15 is 0 Å². The summed E-state index contributed by atoms with van der Waals surface area (Å²) in [6.07, 6.45) is -13.0. The number of thioether (sulfide) groups is 1. The summed E-state index contributed by atoms with van der Waals surface area (Å²) in [4.78, 5) is 5.98. The summed E-state index contributed by atoms with van der Waals surface area (Å²) >= 11 is 1.04. The molecule has 3 heterocycles. The summed E-state index contributed by atoms with van der Waals surface area (Å²) in [5, 5.41) is 19.4. The molecular weight excluding hydrogens is 316 g/mol. The van der Waals surface area contributed by atoms with Crippen molar-refractivity contribution in [3.63, 3.8) is 0 Å². The molecule has 5 nitrogen and oxygen atoms in total. The molecule has 0 spiro atoms. The van der Waals surface area contributed by atoms with Gasteiger partial charge in [0.05, 0.1) is 0 Å². The highest BCUT2D eigenvalue weighted by molar-refractivity contribution is 8.14. The van der Waals surface area contributed by atoms with Gasteiger partial charge in [-0.3, -0.25) is 4.99 Å². The highest BCUT2D eigenvalue weighted by Gasteiger charge is 2.57. The van der Waals surface area contributed by atoms with E-state index in [4.69, 9.17) is 4.74 Å². The van der Waals surface area contributed by atoms with E-state index in [2.05, 4.69) is 4.99 Å². The van der Waals surface area contributed by atoms with Gasteiger partial charge in [-0.15, -0.1) is 0 Å². The van der Waals surface area contributed by atoms with Gasteiger partial charge < -0.3 is 19.8 Å². The number of nitrogens with zero attached hydrogens (tertiary/aromatic N) is 2. The first kappa shape index (κ1) is 15.3. The number of aliphatic hydroxyl groups excluding tert-OH is 2. The monoisotopic (exact) mass is 330 g/mol. The minimum atomic E-state index is -4.98. The fraction of sp³-hybridized carbons (Fsp3) is 0.909. The normalized spacial score (nSPS) is 41.3. The van der Waals surface area contributed by atoms with E-state index in [1.54, 1.807) is 0 Å². The second-order valence-corrected chi connectivity index (χ2v) is 6.32. The second-order valence-electron chi connectivity index (χ2n) is 5.25. The molecule has 3 aliphatic heterocycles. The van der Waals surface area contributed by atoms with Crippen LogP contribution in [-0.4, -0.2) is 75.5 Å². The van der Waals surface area contributed by atoms with Crippen molar-refractivity contribution < 1.29 is 32.5 Å². The average molecular weight is 330 g/mol. The predicted octanol–water partition coefficient (Wildman–Crippen LogP) is 0.511. The van der Waals surface area contributed by atoms with E-state index in [0.717, 1.165) is 31.3 Å². The van der Waals surface area contributed by atoms with Crippen molar-refractivity contribution >= 4 is 16.9 Å². The van der Waals surface area contributed by atoms with Gasteiger partial charge in [0.15, 0.2) is 17.4 Å². The van der Waals surface area contributed by atoms with Crippen LogP contribution in [0.5, 0.6) is 0 Å². The predicted molar refractivity (Wildman–Crippen MR) is 66.6 cm³/mol. The van der Waals surface area contributed by atoms with Crippen molar-refractivity contribution in [2.45, 2.75) is 48.6 Å². The Kier molecular flexibility index (Phi) is 3.83. The van der Waals surface area contributed by atoms with E-state index in [1.807, 2.05) is 4.90 Å². The largest absolute Gasteiger partial charge is 0.417 e. The third-order valence-corrected chi connectivity index (χ3v) is 5.01. The number of hydrogen-bond acceptors (Lipinski definition) is 6. The number of alkyl halides is 4. The number of ether oxygens (including phenoxy) is 1. The lowest BCUT2D eigenvalue weighted by Gasteiger charge is -2.39. The van der Waals surface area contributed by atoms with Crippen LogP contribution in [0, 0.1) is 0 Å². The molecule has 0 aromatic rings. The highest BCUT2D eigenvalue weighted by atomic mass is 32.2. The lowest BCUT2D eigenvalue weighted by atomic mass is 9.95. The molecule has 0 aliphatic carbocycles. The molecule has 2 N–H and O–H groups in total. The van der Waals surface area contributed by atoms with E-state index < -0.39 is 42.1 Å². The number of aliphatic hydroxyl groups is 2. The van der Waals surface area contributed by atoms with Crippen molar-refractivity contribution in [1.82, 2.24) is 4.90 Å². The molecule has 2 saturated heterocycles. The van der Waals surface area contributed by atoms with Gasteiger partial charge in [-0.2, -0.15) is 13.2 Å². The molecule has 3 aliphatic rings. The van der Waals surface area contributed by atoms with Gasteiger partial charge in [-0.1, -0.05) is 11.8 Å². The first-order valence-electron chi connectivity index (χ1n) is 6.51. The number of halogens is 4. The Balaban J connectivity index is 1.74. The Morgan fingerprint density at radius 1 is 1.38 bits per heavy atom. The van der Waals surface area contributed by atoms with Gasteiger partial charge in [0.2, 0.25) is 0 Å². The Labute approximate surface area is 122 Å². The van der Waals surface area contributed by atoms with Crippen LogP contribution in [0.15, 0.2) is 4.99 Å². The standard InChI is InChI=1S/C11H14F4N2O3S/c12-4-5-9(21-10(16-5)17-2-1-3-17)20-7(6(4)18)8(19)11(13,14)15/h4-9,18-19H,1-3H2/t4-,5+,6-,7-,8+,9+/m0/s1. The fourth-order valence-corrected chi connectivity index (χ4v) is 3.71. The molecule has 6 atom stereocenters. The SMILES string of the molecule is O[C@H]1[C@@H](F)[C@H]2N=C(N3CCC3)S[C@H]2O[C@@H]1[C@@H](O)C(F)(F)F. The molecule has 0 unspecified atom stereocenters. The summed E-state index contributed by atoms with van der Waals surface area (Å²) < 4.78 is 56.9. The van der Waals surface area contributed by atoms with Crippen molar-refractivity contribution in [1.29, 1.82) is 0 Å². The number of aliphatic imine (C=N–C) groups is 1. The first-order valence-corrected chi connectivity index (χ1v) is 7.39. The maximum Gasteiger partial charge on any atom is 0.417 e. The summed E-state index contributed by atoms with van der Waals surface area (Å²) in [6, 6.07) is -1.04. The van der Waals surface area contributed by atoms with Gasteiger partial charge in [-0.05, 0) is 6.42 Å². The molecule has 10 heteroatoms. The van der Waals surface area contributed by atoms with Gasteiger partial charge in [0.1, 0.15) is 23.7 Å². The van der Waals surface area contributed by atoms with Crippen LogP contribution in [0.1, 0.15) is 6.42 Å². The zero-order chi connectivity index (χ0) is 15.4. The summed E-state index contributed by atoms with van der Waals surface area (Å²) in [7, 11) is 0.